The molecule has 0 aromatic carbocycles. The smallest absolute Gasteiger partial charge is 0.239 e. The van der Waals surface area contributed by atoms with Crippen molar-refractivity contribution in [3.05, 3.63) is 23.8 Å². The van der Waals surface area contributed by atoms with Gasteiger partial charge >= 0.3 is 0 Å². The zero-order valence-electron chi connectivity index (χ0n) is 11.0. The zero-order chi connectivity index (χ0) is 13.0. The lowest BCUT2D eigenvalue weighted by Gasteiger charge is -2.20. The van der Waals surface area contributed by atoms with Gasteiger partial charge < -0.3 is 10.2 Å². The average molecular weight is 248 g/mol. The molecule has 5 heteroatoms. The van der Waals surface area contributed by atoms with Gasteiger partial charge in [0.1, 0.15) is 0 Å². The van der Waals surface area contributed by atoms with Crippen molar-refractivity contribution >= 4 is 5.91 Å². The standard InChI is InChI=1S/C13H20N4O/c1-10-7-16-12(8-14-10)9-15-11(2)13(18)17-5-3-4-6-17/h7-8,11,15H,3-6,9H2,1-2H3. The number of likely N-dealkylation sites (tertiary alicyclic amines) is 1. The van der Waals surface area contributed by atoms with Crippen LogP contribution in [-0.4, -0.2) is 39.9 Å². The highest BCUT2D eigenvalue weighted by atomic mass is 16.2. The largest absolute Gasteiger partial charge is 0.341 e. The maximum absolute atomic E-state index is 12.0. The van der Waals surface area contributed by atoms with E-state index in [4.69, 9.17) is 0 Å². The van der Waals surface area contributed by atoms with E-state index in [1.165, 1.54) is 0 Å². The molecule has 2 rings (SSSR count). The predicted octanol–water partition coefficient (Wildman–Crippen LogP) is 0.886. The van der Waals surface area contributed by atoms with Crippen LogP contribution < -0.4 is 5.32 Å². The second kappa shape index (κ2) is 5.91. The van der Waals surface area contributed by atoms with Crippen molar-refractivity contribution in [3.8, 4) is 0 Å². The monoisotopic (exact) mass is 248 g/mol. The summed E-state index contributed by atoms with van der Waals surface area (Å²) < 4.78 is 0. The molecule has 5 nitrogen and oxygen atoms in total. The van der Waals surface area contributed by atoms with Crippen molar-refractivity contribution in [2.75, 3.05) is 13.1 Å². The van der Waals surface area contributed by atoms with Gasteiger partial charge in [0.05, 0.1) is 17.4 Å². The Bertz CT molecular complexity index is 398. The minimum atomic E-state index is -0.161. The summed E-state index contributed by atoms with van der Waals surface area (Å²) in [5.41, 5.74) is 1.77. The van der Waals surface area contributed by atoms with Gasteiger partial charge in [0.15, 0.2) is 0 Å². The first kappa shape index (κ1) is 13.0. The van der Waals surface area contributed by atoms with Crippen molar-refractivity contribution in [1.29, 1.82) is 0 Å². The van der Waals surface area contributed by atoms with Gasteiger partial charge in [-0.3, -0.25) is 14.8 Å². The number of nitrogens with zero attached hydrogens (tertiary/aromatic N) is 3. The number of amides is 1. The van der Waals surface area contributed by atoms with E-state index < -0.39 is 0 Å². The van der Waals surface area contributed by atoms with Gasteiger partial charge in [-0.25, -0.2) is 0 Å². The first-order valence-electron chi connectivity index (χ1n) is 6.46. The van der Waals surface area contributed by atoms with Gasteiger partial charge in [-0.2, -0.15) is 0 Å². The van der Waals surface area contributed by atoms with Gasteiger partial charge in [0.25, 0.3) is 0 Å². The number of hydrogen-bond acceptors (Lipinski definition) is 4. The summed E-state index contributed by atoms with van der Waals surface area (Å²) in [5.74, 6) is 0.188. The van der Waals surface area contributed by atoms with E-state index in [-0.39, 0.29) is 11.9 Å². The maximum Gasteiger partial charge on any atom is 0.239 e. The molecule has 0 saturated carbocycles. The van der Waals surface area contributed by atoms with Crippen LogP contribution in [0.15, 0.2) is 12.4 Å². The fraction of sp³-hybridized carbons (Fsp3) is 0.615. The third-order valence-electron chi connectivity index (χ3n) is 3.21. The van der Waals surface area contributed by atoms with E-state index >= 15 is 0 Å². The van der Waals surface area contributed by atoms with Crippen LogP contribution in [0.1, 0.15) is 31.2 Å². The van der Waals surface area contributed by atoms with Crippen LogP contribution in [0.5, 0.6) is 0 Å². The Morgan fingerprint density at radius 3 is 2.72 bits per heavy atom. The van der Waals surface area contributed by atoms with E-state index in [2.05, 4.69) is 15.3 Å². The third-order valence-corrected chi connectivity index (χ3v) is 3.21. The molecule has 1 amide bonds. The fourth-order valence-electron chi connectivity index (χ4n) is 2.07. The summed E-state index contributed by atoms with van der Waals surface area (Å²) in [6.07, 6.45) is 5.74. The highest BCUT2D eigenvalue weighted by Crippen LogP contribution is 2.09. The van der Waals surface area contributed by atoms with Gasteiger partial charge in [0, 0.05) is 32.0 Å². The van der Waals surface area contributed by atoms with Crippen LogP contribution in [0.3, 0.4) is 0 Å². The number of carbonyl (C=O) groups is 1. The van der Waals surface area contributed by atoms with Gasteiger partial charge in [-0.05, 0) is 26.7 Å². The lowest BCUT2D eigenvalue weighted by Crippen LogP contribution is -2.43. The molecule has 0 bridgehead atoms. The lowest BCUT2D eigenvalue weighted by atomic mass is 10.3. The lowest BCUT2D eigenvalue weighted by molar-refractivity contribution is -0.131. The highest BCUT2D eigenvalue weighted by molar-refractivity contribution is 5.81. The van der Waals surface area contributed by atoms with Crippen LogP contribution in [-0.2, 0) is 11.3 Å². The van der Waals surface area contributed by atoms with Crippen LogP contribution >= 0.6 is 0 Å². The number of nitrogens with one attached hydrogen (secondary N) is 1. The molecule has 18 heavy (non-hydrogen) atoms. The van der Waals surface area contributed by atoms with Gasteiger partial charge in [-0.1, -0.05) is 0 Å². The second-order valence-electron chi connectivity index (χ2n) is 4.78. The summed E-state index contributed by atoms with van der Waals surface area (Å²) in [7, 11) is 0. The van der Waals surface area contributed by atoms with E-state index in [9.17, 15) is 4.79 Å². The van der Waals surface area contributed by atoms with Crippen molar-refractivity contribution < 1.29 is 4.79 Å². The van der Waals surface area contributed by atoms with Crippen LogP contribution in [0.25, 0.3) is 0 Å². The van der Waals surface area contributed by atoms with Gasteiger partial charge in [0.2, 0.25) is 5.91 Å². The SMILES string of the molecule is Cc1cnc(CNC(C)C(=O)N2CCCC2)cn1. The Labute approximate surface area is 108 Å². The van der Waals surface area contributed by atoms with E-state index in [0.29, 0.717) is 6.54 Å². The topological polar surface area (TPSA) is 58.1 Å². The summed E-state index contributed by atoms with van der Waals surface area (Å²) in [4.78, 5) is 22.4. The van der Waals surface area contributed by atoms with Crippen molar-refractivity contribution in [2.24, 2.45) is 0 Å². The average Bonchev–Trinajstić information content (AvgIpc) is 2.90. The molecule has 1 aromatic rings. The Morgan fingerprint density at radius 2 is 2.11 bits per heavy atom. The number of rotatable bonds is 4. The first-order chi connectivity index (χ1) is 8.66. The Balaban J connectivity index is 1.82. The molecule has 1 atom stereocenters. The molecule has 1 N–H and O–H groups in total. The van der Waals surface area contributed by atoms with Crippen molar-refractivity contribution in [2.45, 2.75) is 39.3 Å². The van der Waals surface area contributed by atoms with E-state index in [0.717, 1.165) is 37.3 Å². The molecule has 1 unspecified atom stereocenters. The zero-order valence-corrected chi connectivity index (χ0v) is 11.0. The molecule has 1 aliphatic rings. The summed E-state index contributed by atoms with van der Waals surface area (Å²) in [6, 6.07) is -0.161. The normalized spacial score (nSPS) is 16.9. The molecule has 0 radical (unpaired) electrons. The van der Waals surface area contributed by atoms with Gasteiger partial charge in [-0.15, -0.1) is 0 Å². The number of hydrogen-bond donors (Lipinski definition) is 1. The van der Waals surface area contributed by atoms with E-state index in [1.807, 2.05) is 18.7 Å². The Hall–Kier alpha value is -1.49. The second-order valence-corrected chi connectivity index (χ2v) is 4.78. The van der Waals surface area contributed by atoms with Crippen LogP contribution in [0.4, 0.5) is 0 Å². The molecular weight excluding hydrogens is 228 g/mol. The van der Waals surface area contributed by atoms with Crippen LogP contribution in [0.2, 0.25) is 0 Å². The van der Waals surface area contributed by atoms with Crippen LogP contribution in [0, 0.1) is 6.92 Å². The highest BCUT2D eigenvalue weighted by Gasteiger charge is 2.22. The molecule has 2 heterocycles. The minimum absolute atomic E-state index is 0.161. The molecule has 1 fully saturated rings. The Kier molecular flexibility index (Phi) is 4.25. The van der Waals surface area contributed by atoms with E-state index in [1.54, 1.807) is 12.4 Å². The predicted molar refractivity (Wildman–Crippen MR) is 68.9 cm³/mol. The molecular formula is C13H20N4O. The summed E-state index contributed by atoms with van der Waals surface area (Å²) >= 11 is 0. The molecule has 1 saturated heterocycles. The molecule has 0 aliphatic carbocycles. The molecule has 1 aliphatic heterocycles. The Morgan fingerprint density at radius 1 is 1.39 bits per heavy atom. The quantitative estimate of drug-likeness (QED) is 0.859. The third kappa shape index (κ3) is 3.26. The molecule has 98 valence electrons. The molecule has 1 aromatic heterocycles. The first-order valence-corrected chi connectivity index (χ1v) is 6.46. The number of carbonyl (C=O) groups excluding carboxylic acids is 1. The summed E-state index contributed by atoms with van der Waals surface area (Å²) in [6.45, 7) is 6.18. The summed E-state index contributed by atoms with van der Waals surface area (Å²) in [5, 5.41) is 3.20. The van der Waals surface area contributed by atoms with Crippen molar-refractivity contribution in [3.63, 3.8) is 0 Å². The molecule has 0 spiro atoms. The fourth-order valence-corrected chi connectivity index (χ4v) is 2.07. The minimum Gasteiger partial charge on any atom is -0.341 e. The number of aryl methyl sites for hydroxylation is 1. The maximum atomic E-state index is 12.0. The number of aromatic nitrogens is 2. The van der Waals surface area contributed by atoms with Crippen molar-refractivity contribution in [1.82, 2.24) is 20.2 Å².